The van der Waals surface area contributed by atoms with Crippen LogP contribution in [0.15, 0.2) is 42.5 Å². The summed E-state index contributed by atoms with van der Waals surface area (Å²) in [6.07, 6.45) is 0. The molecule has 0 saturated heterocycles. The maximum atomic E-state index is 3.61. The van der Waals surface area contributed by atoms with Gasteiger partial charge in [-0.3, -0.25) is 0 Å². The van der Waals surface area contributed by atoms with E-state index in [2.05, 4.69) is 73.5 Å². The second kappa shape index (κ2) is 5.90. The van der Waals surface area contributed by atoms with Gasteiger partial charge in [0.25, 0.3) is 0 Å². The summed E-state index contributed by atoms with van der Waals surface area (Å²) < 4.78 is 0. The second-order valence-electron chi connectivity index (χ2n) is 6.28. The van der Waals surface area contributed by atoms with Crippen molar-refractivity contribution in [3.05, 3.63) is 64.7 Å². The van der Waals surface area contributed by atoms with E-state index in [0.29, 0.717) is 6.04 Å². The van der Waals surface area contributed by atoms with E-state index in [-0.39, 0.29) is 0 Å². The molecular weight excluding hydrogens is 256 g/mol. The van der Waals surface area contributed by atoms with E-state index in [1.807, 2.05) is 0 Å². The van der Waals surface area contributed by atoms with E-state index in [9.17, 15) is 0 Å². The zero-order valence-corrected chi connectivity index (χ0v) is 13.2. The van der Waals surface area contributed by atoms with E-state index >= 15 is 0 Å². The molecule has 2 aromatic carbocycles. The van der Waals surface area contributed by atoms with Crippen LogP contribution >= 0.6 is 0 Å². The predicted octanol–water partition coefficient (Wildman–Crippen LogP) is 3.80. The van der Waals surface area contributed by atoms with Crippen LogP contribution in [0.4, 0.5) is 5.69 Å². The molecule has 0 bridgehead atoms. The number of hydrogen-bond donors (Lipinski definition) is 1. The summed E-state index contributed by atoms with van der Waals surface area (Å²) in [7, 11) is 0. The number of benzene rings is 2. The Balaban J connectivity index is 1.93. The van der Waals surface area contributed by atoms with Gasteiger partial charge in [0.2, 0.25) is 0 Å². The zero-order valence-electron chi connectivity index (χ0n) is 13.2. The average Bonchev–Trinajstić information content (AvgIpc) is 2.58. The lowest BCUT2D eigenvalue weighted by molar-refractivity contribution is 0.552. The lowest BCUT2D eigenvalue weighted by Crippen LogP contribution is -2.35. The Morgan fingerprint density at radius 2 is 1.90 bits per heavy atom. The number of hydrogen-bond acceptors (Lipinski definition) is 2. The fourth-order valence-corrected chi connectivity index (χ4v) is 3.12. The van der Waals surface area contributed by atoms with Crippen molar-refractivity contribution < 1.29 is 0 Å². The maximum absolute atomic E-state index is 3.61. The fraction of sp³-hybridized carbons (Fsp3) is 0.368. The molecule has 3 rings (SSSR count). The summed E-state index contributed by atoms with van der Waals surface area (Å²) in [5, 5.41) is 3.61. The van der Waals surface area contributed by atoms with E-state index in [1.54, 1.807) is 0 Å². The number of rotatable bonds is 2. The van der Waals surface area contributed by atoms with E-state index in [1.165, 1.54) is 27.9 Å². The van der Waals surface area contributed by atoms with E-state index in [0.717, 1.165) is 19.6 Å². The topological polar surface area (TPSA) is 15.3 Å². The molecule has 1 N–H and O–H groups in total. The first-order valence-electron chi connectivity index (χ1n) is 7.75. The number of anilines is 1. The van der Waals surface area contributed by atoms with E-state index in [4.69, 9.17) is 0 Å². The van der Waals surface area contributed by atoms with Crippen molar-refractivity contribution in [2.24, 2.45) is 0 Å². The molecule has 0 aromatic heterocycles. The third kappa shape index (κ3) is 3.27. The molecule has 1 atom stereocenters. The normalized spacial score (nSPS) is 18.2. The van der Waals surface area contributed by atoms with Crippen LogP contribution < -0.4 is 10.2 Å². The van der Waals surface area contributed by atoms with Crippen molar-refractivity contribution in [2.45, 2.75) is 39.9 Å². The van der Waals surface area contributed by atoms with Gasteiger partial charge in [-0.2, -0.15) is 0 Å². The highest BCUT2D eigenvalue weighted by atomic mass is 15.2. The van der Waals surface area contributed by atoms with Gasteiger partial charge in [-0.05, 0) is 38.0 Å². The number of aryl methyl sites for hydroxylation is 2. The highest BCUT2D eigenvalue weighted by Crippen LogP contribution is 2.26. The van der Waals surface area contributed by atoms with Crippen molar-refractivity contribution >= 4 is 5.69 Å². The highest BCUT2D eigenvalue weighted by molar-refractivity contribution is 5.56. The second-order valence-corrected chi connectivity index (χ2v) is 6.28. The minimum Gasteiger partial charge on any atom is -0.365 e. The molecule has 2 aromatic rings. The standard InChI is InChI=1S/C19H24N2/c1-14-5-4-6-17(9-14)13-21-12-16(3)20-11-18-10-15(2)7-8-19(18)21/h4-10,16,20H,11-13H2,1-3H3. The molecule has 21 heavy (non-hydrogen) atoms. The van der Waals surface area contributed by atoms with Crippen LogP contribution in [0.2, 0.25) is 0 Å². The first-order valence-corrected chi connectivity index (χ1v) is 7.75. The fourth-order valence-electron chi connectivity index (χ4n) is 3.12. The molecule has 110 valence electrons. The molecule has 0 fully saturated rings. The summed E-state index contributed by atoms with van der Waals surface area (Å²) in [5.74, 6) is 0. The summed E-state index contributed by atoms with van der Waals surface area (Å²) in [6.45, 7) is 9.57. The summed E-state index contributed by atoms with van der Waals surface area (Å²) >= 11 is 0. The van der Waals surface area contributed by atoms with Gasteiger partial charge in [-0.15, -0.1) is 0 Å². The Morgan fingerprint density at radius 3 is 2.71 bits per heavy atom. The first-order chi connectivity index (χ1) is 10.1. The largest absolute Gasteiger partial charge is 0.365 e. The molecule has 0 aliphatic carbocycles. The number of nitrogens with zero attached hydrogens (tertiary/aromatic N) is 1. The minimum atomic E-state index is 0.502. The molecule has 1 aliphatic heterocycles. The van der Waals surface area contributed by atoms with Crippen molar-refractivity contribution in [1.29, 1.82) is 0 Å². The molecule has 2 nitrogen and oxygen atoms in total. The van der Waals surface area contributed by atoms with Crippen molar-refractivity contribution in [2.75, 3.05) is 11.4 Å². The van der Waals surface area contributed by atoms with Gasteiger partial charge in [0.15, 0.2) is 0 Å². The molecular formula is C19H24N2. The Hall–Kier alpha value is -1.80. The van der Waals surface area contributed by atoms with Crippen LogP contribution in [0.5, 0.6) is 0 Å². The molecule has 1 unspecified atom stereocenters. The minimum absolute atomic E-state index is 0.502. The van der Waals surface area contributed by atoms with Gasteiger partial charge in [-0.1, -0.05) is 47.5 Å². The van der Waals surface area contributed by atoms with Crippen LogP contribution in [-0.2, 0) is 13.1 Å². The Morgan fingerprint density at radius 1 is 1.10 bits per heavy atom. The molecule has 0 spiro atoms. The van der Waals surface area contributed by atoms with Gasteiger partial charge in [0.1, 0.15) is 0 Å². The first kappa shape index (κ1) is 14.2. The molecule has 0 amide bonds. The third-order valence-corrected chi connectivity index (χ3v) is 4.17. The van der Waals surface area contributed by atoms with Crippen molar-refractivity contribution in [3.63, 3.8) is 0 Å². The average molecular weight is 280 g/mol. The van der Waals surface area contributed by atoms with Crippen LogP contribution in [0.1, 0.15) is 29.2 Å². The van der Waals surface area contributed by atoms with E-state index < -0.39 is 0 Å². The maximum Gasteiger partial charge on any atom is 0.0430 e. The predicted molar refractivity (Wildman–Crippen MR) is 89.7 cm³/mol. The Labute approximate surface area is 127 Å². The summed E-state index contributed by atoms with van der Waals surface area (Å²) in [6, 6.07) is 16.1. The number of nitrogens with one attached hydrogen (secondary N) is 1. The molecule has 0 radical (unpaired) electrons. The smallest absolute Gasteiger partial charge is 0.0430 e. The lowest BCUT2D eigenvalue weighted by atomic mass is 10.1. The third-order valence-electron chi connectivity index (χ3n) is 4.17. The van der Waals surface area contributed by atoms with Gasteiger partial charge in [0, 0.05) is 31.4 Å². The SMILES string of the molecule is Cc1cccc(CN2CC(C)NCc3cc(C)ccc32)c1. The highest BCUT2D eigenvalue weighted by Gasteiger charge is 2.19. The van der Waals surface area contributed by atoms with Crippen LogP contribution in [0.3, 0.4) is 0 Å². The van der Waals surface area contributed by atoms with Gasteiger partial charge < -0.3 is 10.2 Å². The van der Waals surface area contributed by atoms with Crippen LogP contribution in [0, 0.1) is 13.8 Å². The molecule has 2 heteroatoms. The van der Waals surface area contributed by atoms with Crippen LogP contribution in [-0.4, -0.2) is 12.6 Å². The van der Waals surface area contributed by atoms with Crippen molar-refractivity contribution in [1.82, 2.24) is 5.32 Å². The Bertz CT molecular complexity index is 633. The summed E-state index contributed by atoms with van der Waals surface area (Å²) in [5.41, 5.74) is 6.83. The van der Waals surface area contributed by atoms with Crippen LogP contribution in [0.25, 0.3) is 0 Å². The molecule has 0 saturated carbocycles. The summed E-state index contributed by atoms with van der Waals surface area (Å²) in [4.78, 5) is 2.51. The monoisotopic (exact) mass is 280 g/mol. The van der Waals surface area contributed by atoms with Gasteiger partial charge in [0.05, 0.1) is 0 Å². The zero-order chi connectivity index (χ0) is 14.8. The molecule has 1 heterocycles. The lowest BCUT2D eigenvalue weighted by Gasteiger charge is -2.27. The van der Waals surface area contributed by atoms with Crippen molar-refractivity contribution in [3.8, 4) is 0 Å². The van der Waals surface area contributed by atoms with Gasteiger partial charge in [-0.25, -0.2) is 0 Å². The van der Waals surface area contributed by atoms with Gasteiger partial charge >= 0.3 is 0 Å². The quantitative estimate of drug-likeness (QED) is 0.900. The molecule has 1 aliphatic rings. The number of fused-ring (bicyclic) bond motifs is 1. The Kier molecular flexibility index (Phi) is 3.98.